The van der Waals surface area contributed by atoms with Gasteiger partial charge in [-0.05, 0) is 60.5 Å². The SMILES string of the molecule is CCc1cc2c(C(=O)NC)c(-c3ccc(F)cc3)oc2nc1CN(CCOc1cccc(C(=O)O)c1)S(=O)[O-]. The fourth-order valence-corrected chi connectivity index (χ4v) is 4.51. The van der Waals surface area contributed by atoms with Crippen molar-refractivity contribution in [3.8, 4) is 17.1 Å². The van der Waals surface area contributed by atoms with Crippen LogP contribution in [0.2, 0.25) is 0 Å². The van der Waals surface area contributed by atoms with Crippen molar-refractivity contribution in [1.29, 1.82) is 0 Å². The summed E-state index contributed by atoms with van der Waals surface area (Å²) >= 11 is -2.62. The molecule has 0 aliphatic rings. The third kappa shape index (κ3) is 6.30. The van der Waals surface area contributed by atoms with E-state index in [0.29, 0.717) is 34.4 Å². The number of ether oxygens (including phenoxy) is 1. The second kappa shape index (κ2) is 12.2. The predicted molar refractivity (Wildman–Crippen MR) is 140 cm³/mol. The molecule has 0 spiro atoms. The van der Waals surface area contributed by atoms with Crippen LogP contribution in [0.5, 0.6) is 5.75 Å². The number of aromatic carboxylic acids is 1. The second-order valence-corrected chi connectivity index (χ2v) is 9.41. The normalized spacial score (nSPS) is 12.0. The molecule has 4 aromatic rings. The number of fused-ring (bicyclic) bond motifs is 1. The minimum absolute atomic E-state index is 0.0290. The molecule has 0 radical (unpaired) electrons. The summed E-state index contributed by atoms with van der Waals surface area (Å²) in [5.74, 6) is -1.43. The van der Waals surface area contributed by atoms with E-state index >= 15 is 0 Å². The fraction of sp³-hybridized carbons (Fsp3) is 0.222. The lowest BCUT2D eigenvalue weighted by atomic mass is 10.0. The molecule has 1 unspecified atom stereocenters. The number of furan rings is 1. The summed E-state index contributed by atoms with van der Waals surface area (Å²) in [6.07, 6.45) is 0.500. The van der Waals surface area contributed by atoms with Gasteiger partial charge in [0, 0.05) is 30.4 Å². The van der Waals surface area contributed by atoms with Crippen LogP contribution in [-0.4, -0.2) is 55.2 Å². The zero-order chi connectivity index (χ0) is 28.1. The Hall–Kier alpha value is -4.13. The van der Waals surface area contributed by atoms with Gasteiger partial charge >= 0.3 is 5.97 Å². The highest BCUT2D eigenvalue weighted by Crippen LogP contribution is 2.34. The van der Waals surface area contributed by atoms with Gasteiger partial charge in [-0.2, -0.15) is 0 Å². The Balaban J connectivity index is 1.63. The summed E-state index contributed by atoms with van der Waals surface area (Å²) in [6, 6.07) is 13.1. The minimum atomic E-state index is -2.62. The van der Waals surface area contributed by atoms with Gasteiger partial charge < -0.3 is 24.1 Å². The minimum Gasteiger partial charge on any atom is -0.760 e. The van der Waals surface area contributed by atoms with Gasteiger partial charge in [0.2, 0.25) is 5.71 Å². The molecule has 0 aliphatic carbocycles. The number of nitrogens with one attached hydrogen (secondary N) is 1. The van der Waals surface area contributed by atoms with Crippen LogP contribution in [0.3, 0.4) is 0 Å². The number of aryl methyl sites for hydroxylation is 1. The van der Waals surface area contributed by atoms with Crippen molar-refractivity contribution in [2.45, 2.75) is 19.9 Å². The van der Waals surface area contributed by atoms with Crippen LogP contribution in [0.4, 0.5) is 4.39 Å². The summed E-state index contributed by atoms with van der Waals surface area (Å²) in [6.45, 7) is 1.73. The van der Waals surface area contributed by atoms with E-state index in [9.17, 15) is 22.7 Å². The number of amides is 1. The van der Waals surface area contributed by atoms with Crippen LogP contribution in [0.1, 0.15) is 38.9 Å². The average molecular weight is 555 g/mol. The Morgan fingerprint density at radius 2 is 1.95 bits per heavy atom. The van der Waals surface area contributed by atoms with Crippen molar-refractivity contribution in [3.05, 3.63) is 82.8 Å². The highest BCUT2D eigenvalue weighted by atomic mass is 32.2. The number of hydrogen-bond acceptors (Lipinski definition) is 7. The molecule has 0 aliphatic heterocycles. The van der Waals surface area contributed by atoms with Gasteiger partial charge in [0.25, 0.3) is 5.91 Å². The molecular weight excluding hydrogens is 529 g/mol. The molecule has 204 valence electrons. The van der Waals surface area contributed by atoms with Crippen molar-refractivity contribution in [3.63, 3.8) is 0 Å². The van der Waals surface area contributed by atoms with Crippen LogP contribution < -0.4 is 10.1 Å². The molecule has 0 fully saturated rings. The smallest absolute Gasteiger partial charge is 0.335 e. The molecule has 4 rings (SSSR count). The lowest BCUT2D eigenvalue weighted by molar-refractivity contribution is 0.0696. The maximum absolute atomic E-state index is 13.5. The van der Waals surface area contributed by atoms with E-state index in [2.05, 4.69) is 10.3 Å². The van der Waals surface area contributed by atoms with E-state index in [0.717, 1.165) is 4.31 Å². The van der Waals surface area contributed by atoms with Crippen molar-refractivity contribution < 1.29 is 37.0 Å². The number of carboxylic acid groups (broad SMARTS) is 1. The number of carbonyl (C=O) groups excluding carboxylic acids is 1. The van der Waals surface area contributed by atoms with Crippen LogP contribution >= 0.6 is 0 Å². The first-order valence-electron chi connectivity index (χ1n) is 12.0. The molecule has 10 nitrogen and oxygen atoms in total. The first-order valence-corrected chi connectivity index (χ1v) is 13.0. The molecule has 12 heteroatoms. The van der Waals surface area contributed by atoms with E-state index in [1.54, 1.807) is 12.1 Å². The van der Waals surface area contributed by atoms with Gasteiger partial charge in [-0.15, -0.1) is 0 Å². The third-order valence-electron chi connectivity index (χ3n) is 6.02. The maximum Gasteiger partial charge on any atom is 0.335 e. The van der Waals surface area contributed by atoms with Crippen LogP contribution in [-0.2, 0) is 24.2 Å². The zero-order valence-electron chi connectivity index (χ0n) is 21.1. The summed E-state index contributed by atoms with van der Waals surface area (Å²) in [5, 5.41) is 12.2. The van der Waals surface area contributed by atoms with Gasteiger partial charge in [0.1, 0.15) is 23.9 Å². The van der Waals surface area contributed by atoms with Crippen LogP contribution in [0.25, 0.3) is 22.4 Å². The van der Waals surface area contributed by atoms with Gasteiger partial charge in [0.15, 0.2) is 0 Å². The number of hydrogen-bond donors (Lipinski definition) is 2. The van der Waals surface area contributed by atoms with E-state index in [4.69, 9.17) is 14.3 Å². The van der Waals surface area contributed by atoms with Gasteiger partial charge in [0.05, 0.1) is 28.8 Å². The Morgan fingerprint density at radius 1 is 1.21 bits per heavy atom. The lowest BCUT2D eigenvalue weighted by Gasteiger charge is -2.24. The van der Waals surface area contributed by atoms with E-state index in [1.807, 2.05) is 6.92 Å². The first-order chi connectivity index (χ1) is 18.7. The molecule has 1 amide bonds. The molecule has 2 N–H and O–H groups in total. The summed E-state index contributed by atoms with van der Waals surface area (Å²) < 4.78 is 50.2. The maximum atomic E-state index is 13.5. The Labute approximate surface area is 225 Å². The van der Waals surface area contributed by atoms with Crippen LogP contribution in [0.15, 0.2) is 59.0 Å². The zero-order valence-corrected chi connectivity index (χ0v) is 21.9. The van der Waals surface area contributed by atoms with Crippen molar-refractivity contribution in [2.24, 2.45) is 0 Å². The number of rotatable bonds is 11. The number of nitrogens with zero attached hydrogens (tertiary/aromatic N) is 2. The number of carboxylic acids is 1. The van der Waals surface area contributed by atoms with E-state index < -0.39 is 29.0 Å². The standard InChI is InChI=1S/C27H26FN3O7S/c1-3-16-14-21-23(25(32)29-2)24(17-7-9-19(28)10-8-17)38-26(21)30-22(16)15-31(39(35)36)11-12-37-20-6-4-5-18(13-20)27(33)34/h4-10,13-14H,3,11-12,15H2,1-2H3,(H,29,32)(H,33,34)(H,35,36)/p-1. The molecule has 0 saturated heterocycles. The second-order valence-electron chi connectivity index (χ2n) is 8.45. The molecule has 1 atom stereocenters. The highest BCUT2D eigenvalue weighted by molar-refractivity contribution is 7.76. The highest BCUT2D eigenvalue weighted by Gasteiger charge is 2.24. The quantitative estimate of drug-likeness (QED) is 0.265. The number of aromatic nitrogens is 1. The molecule has 2 heterocycles. The molecule has 0 bridgehead atoms. The van der Waals surface area contributed by atoms with Crippen LogP contribution in [0, 0.1) is 5.82 Å². The van der Waals surface area contributed by atoms with Crippen molar-refractivity contribution in [2.75, 3.05) is 20.2 Å². The molecule has 0 saturated carbocycles. The van der Waals surface area contributed by atoms with Gasteiger partial charge in [-0.1, -0.05) is 13.0 Å². The van der Waals surface area contributed by atoms with Crippen molar-refractivity contribution >= 4 is 34.2 Å². The number of carbonyl (C=O) groups is 2. The number of halogens is 1. The molecule has 2 aromatic heterocycles. The molecular formula is C27H25FN3O7S-. The predicted octanol–water partition coefficient (Wildman–Crippen LogP) is 3.93. The topological polar surface area (TPSA) is 145 Å². The molecule has 2 aromatic carbocycles. The fourth-order valence-electron chi connectivity index (χ4n) is 4.06. The van der Waals surface area contributed by atoms with Gasteiger partial charge in [-0.25, -0.2) is 18.5 Å². The third-order valence-corrected chi connectivity index (χ3v) is 6.75. The number of pyridine rings is 1. The monoisotopic (exact) mass is 554 g/mol. The summed E-state index contributed by atoms with van der Waals surface area (Å²) in [7, 11) is 1.49. The average Bonchev–Trinajstić information content (AvgIpc) is 3.30. The Morgan fingerprint density at radius 3 is 2.59 bits per heavy atom. The summed E-state index contributed by atoms with van der Waals surface area (Å²) in [4.78, 5) is 28.5. The van der Waals surface area contributed by atoms with E-state index in [1.165, 1.54) is 49.5 Å². The Kier molecular flexibility index (Phi) is 8.69. The first kappa shape index (κ1) is 27.9. The largest absolute Gasteiger partial charge is 0.760 e. The van der Waals surface area contributed by atoms with Gasteiger partial charge in [-0.3, -0.25) is 9.00 Å². The number of benzene rings is 2. The summed E-state index contributed by atoms with van der Waals surface area (Å²) in [5.41, 5.74) is 2.07. The molecule has 39 heavy (non-hydrogen) atoms. The van der Waals surface area contributed by atoms with Crippen molar-refractivity contribution in [1.82, 2.24) is 14.6 Å². The van der Waals surface area contributed by atoms with E-state index in [-0.39, 0.29) is 42.3 Å². The Bertz CT molecular complexity index is 1540. The lowest BCUT2D eigenvalue weighted by Crippen LogP contribution is -2.30.